The molecule has 2 N–H and O–H groups in total. The Morgan fingerprint density at radius 3 is 2.63 bits per heavy atom. The smallest absolute Gasteiger partial charge is 0.243 e. The summed E-state index contributed by atoms with van der Waals surface area (Å²) in [5, 5.41) is 0. The van der Waals surface area contributed by atoms with E-state index in [0.717, 1.165) is 12.8 Å². The molecule has 1 saturated heterocycles. The average Bonchev–Trinajstić information content (AvgIpc) is 2.47. The third-order valence-corrected chi connectivity index (χ3v) is 5.48. The Bertz CT molecular complexity index is 522. The van der Waals surface area contributed by atoms with Crippen LogP contribution in [0.4, 0.5) is 0 Å². The van der Waals surface area contributed by atoms with Gasteiger partial charge in [0.05, 0.1) is 12.0 Å². The number of nitrogens with two attached hydrogens (primary N) is 1. The molecule has 6 heteroatoms. The van der Waals surface area contributed by atoms with Crippen LogP contribution in [0, 0.1) is 5.92 Å². The van der Waals surface area contributed by atoms with Crippen LogP contribution in [0.3, 0.4) is 0 Å². The van der Waals surface area contributed by atoms with Gasteiger partial charge in [-0.3, -0.25) is 0 Å². The second-order valence-corrected chi connectivity index (χ2v) is 6.70. The number of hydrogen-bond acceptors (Lipinski definition) is 4. The van der Waals surface area contributed by atoms with E-state index in [1.165, 1.54) is 11.4 Å². The molecule has 0 radical (unpaired) electrons. The number of ether oxygens (including phenoxy) is 1. The molecule has 1 aromatic rings. The molecule has 0 unspecified atom stereocenters. The van der Waals surface area contributed by atoms with E-state index < -0.39 is 10.0 Å². The van der Waals surface area contributed by atoms with Crippen LogP contribution in [0.5, 0.6) is 5.75 Å². The molecule has 2 rings (SSSR count). The number of piperidine rings is 1. The fraction of sp³-hybridized carbons (Fsp3) is 0.538. The zero-order valence-electron chi connectivity index (χ0n) is 11.1. The number of rotatable bonds is 4. The Kier molecular flexibility index (Phi) is 4.44. The van der Waals surface area contributed by atoms with Crippen LogP contribution in [0.2, 0.25) is 0 Å². The van der Waals surface area contributed by atoms with E-state index in [9.17, 15) is 8.42 Å². The summed E-state index contributed by atoms with van der Waals surface area (Å²) in [7, 11) is -1.89. The average molecular weight is 284 g/mol. The first-order chi connectivity index (χ1) is 9.07. The molecular weight excluding hydrogens is 264 g/mol. The van der Waals surface area contributed by atoms with Gasteiger partial charge in [-0.1, -0.05) is 6.07 Å². The summed E-state index contributed by atoms with van der Waals surface area (Å²) < 4.78 is 31.6. The van der Waals surface area contributed by atoms with Crippen molar-refractivity contribution in [2.45, 2.75) is 17.7 Å². The molecule has 0 bridgehead atoms. The van der Waals surface area contributed by atoms with Gasteiger partial charge < -0.3 is 10.5 Å². The van der Waals surface area contributed by atoms with Gasteiger partial charge in [0, 0.05) is 19.2 Å². The Morgan fingerprint density at radius 1 is 1.37 bits per heavy atom. The molecule has 1 aliphatic rings. The molecule has 1 aromatic carbocycles. The van der Waals surface area contributed by atoms with Gasteiger partial charge in [-0.15, -0.1) is 0 Å². The van der Waals surface area contributed by atoms with Crippen molar-refractivity contribution in [2.75, 3.05) is 26.7 Å². The lowest BCUT2D eigenvalue weighted by molar-refractivity contribution is 0.278. The summed E-state index contributed by atoms with van der Waals surface area (Å²) in [5.41, 5.74) is 5.62. The fourth-order valence-electron chi connectivity index (χ4n) is 2.30. The first-order valence-electron chi connectivity index (χ1n) is 6.42. The van der Waals surface area contributed by atoms with Crippen molar-refractivity contribution >= 4 is 10.0 Å². The molecule has 1 aliphatic heterocycles. The Morgan fingerprint density at radius 2 is 2.05 bits per heavy atom. The van der Waals surface area contributed by atoms with Gasteiger partial charge in [-0.25, -0.2) is 8.42 Å². The predicted octanol–water partition coefficient (Wildman–Crippen LogP) is 1.05. The molecule has 0 aliphatic carbocycles. The molecule has 0 aromatic heterocycles. The largest absolute Gasteiger partial charge is 0.497 e. The summed E-state index contributed by atoms with van der Waals surface area (Å²) in [6.07, 6.45) is 1.67. The van der Waals surface area contributed by atoms with E-state index >= 15 is 0 Å². The van der Waals surface area contributed by atoms with E-state index in [0.29, 0.717) is 31.3 Å². The van der Waals surface area contributed by atoms with E-state index in [-0.39, 0.29) is 4.90 Å². The van der Waals surface area contributed by atoms with Crippen LogP contribution < -0.4 is 10.5 Å². The zero-order chi connectivity index (χ0) is 13.9. The first kappa shape index (κ1) is 14.3. The summed E-state index contributed by atoms with van der Waals surface area (Å²) >= 11 is 0. The maximum atomic E-state index is 12.5. The van der Waals surface area contributed by atoms with Gasteiger partial charge in [0.25, 0.3) is 0 Å². The number of methoxy groups -OCH3 is 1. The molecule has 0 spiro atoms. The van der Waals surface area contributed by atoms with E-state index in [4.69, 9.17) is 10.5 Å². The van der Waals surface area contributed by atoms with Crippen LogP contribution in [0.1, 0.15) is 12.8 Å². The highest BCUT2D eigenvalue weighted by Crippen LogP contribution is 2.25. The third kappa shape index (κ3) is 3.08. The van der Waals surface area contributed by atoms with Crippen molar-refractivity contribution in [2.24, 2.45) is 11.7 Å². The molecular formula is C13H20N2O3S. The van der Waals surface area contributed by atoms with Crippen molar-refractivity contribution in [1.29, 1.82) is 0 Å². The lowest BCUT2D eigenvalue weighted by Gasteiger charge is -2.30. The van der Waals surface area contributed by atoms with Gasteiger partial charge >= 0.3 is 0 Å². The van der Waals surface area contributed by atoms with Gasteiger partial charge in [0.2, 0.25) is 10.0 Å². The predicted molar refractivity (Wildman–Crippen MR) is 73.5 cm³/mol. The van der Waals surface area contributed by atoms with Gasteiger partial charge in [-0.05, 0) is 37.4 Å². The van der Waals surface area contributed by atoms with E-state index in [1.54, 1.807) is 24.3 Å². The number of hydrogen-bond donors (Lipinski definition) is 1. The minimum Gasteiger partial charge on any atom is -0.497 e. The summed E-state index contributed by atoms with van der Waals surface area (Å²) in [4.78, 5) is 0.290. The molecule has 5 nitrogen and oxygen atoms in total. The van der Waals surface area contributed by atoms with Gasteiger partial charge in [-0.2, -0.15) is 4.31 Å². The van der Waals surface area contributed by atoms with Crippen LogP contribution >= 0.6 is 0 Å². The van der Waals surface area contributed by atoms with E-state index in [2.05, 4.69) is 0 Å². The molecule has 0 amide bonds. The van der Waals surface area contributed by atoms with E-state index in [1.807, 2.05) is 0 Å². The van der Waals surface area contributed by atoms with Crippen LogP contribution in [0.15, 0.2) is 29.2 Å². The van der Waals surface area contributed by atoms with Crippen molar-refractivity contribution in [3.05, 3.63) is 24.3 Å². The molecule has 106 valence electrons. The first-order valence-corrected chi connectivity index (χ1v) is 7.86. The lowest BCUT2D eigenvalue weighted by Crippen LogP contribution is -2.39. The summed E-state index contributed by atoms with van der Waals surface area (Å²) in [6, 6.07) is 6.59. The lowest BCUT2D eigenvalue weighted by atomic mass is 9.99. The summed E-state index contributed by atoms with van der Waals surface area (Å²) in [6.45, 7) is 1.72. The number of benzene rings is 1. The monoisotopic (exact) mass is 284 g/mol. The minimum atomic E-state index is -3.41. The number of nitrogens with zero attached hydrogens (tertiary/aromatic N) is 1. The molecule has 1 fully saturated rings. The van der Waals surface area contributed by atoms with Gasteiger partial charge in [0.1, 0.15) is 5.75 Å². The second kappa shape index (κ2) is 5.90. The van der Waals surface area contributed by atoms with Crippen LogP contribution in [-0.4, -0.2) is 39.5 Å². The quantitative estimate of drug-likeness (QED) is 0.897. The van der Waals surface area contributed by atoms with Crippen LogP contribution in [0.25, 0.3) is 0 Å². The Labute approximate surface area is 114 Å². The molecule has 0 saturated carbocycles. The highest BCUT2D eigenvalue weighted by Gasteiger charge is 2.29. The van der Waals surface area contributed by atoms with Crippen molar-refractivity contribution < 1.29 is 13.2 Å². The SMILES string of the molecule is COc1cccc(S(=O)(=O)N2CCC(CN)CC2)c1. The molecule has 0 atom stereocenters. The van der Waals surface area contributed by atoms with Crippen molar-refractivity contribution in [1.82, 2.24) is 4.31 Å². The van der Waals surface area contributed by atoms with Gasteiger partial charge in [0.15, 0.2) is 0 Å². The Balaban J connectivity index is 2.18. The normalized spacial score (nSPS) is 18.4. The maximum absolute atomic E-state index is 12.5. The van der Waals surface area contributed by atoms with Crippen molar-refractivity contribution in [3.8, 4) is 5.75 Å². The summed E-state index contributed by atoms with van der Waals surface area (Å²) in [5.74, 6) is 0.995. The highest BCUT2D eigenvalue weighted by atomic mass is 32.2. The molecule has 1 heterocycles. The topological polar surface area (TPSA) is 72.6 Å². The van der Waals surface area contributed by atoms with Crippen LogP contribution in [-0.2, 0) is 10.0 Å². The standard InChI is InChI=1S/C13H20N2O3S/c1-18-12-3-2-4-13(9-12)19(16,17)15-7-5-11(10-14)6-8-15/h2-4,9,11H,5-8,10,14H2,1H3. The third-order valence-electron chi connectivity index (χ3n) is 3.59. The van der Waals surface area contributed by atoms with Crippen molar-refractivity contribution in [3.63, 3.8) is 0 Å². The highest BCUT2D eigenvalue weighted by molar-refractivity contribution is 7.89. The minimum absolute atomic E-state index is 0.290. The fourth-order valence-corrected chi connectivity index (χ4v) is 3.80. The maximum Gasteiger partial charge on any atom is 0.243 e. The molecule has 19 heavy (non-hydrogen) atoms. The Hall–Kier alpha value is -1.11. The zero-order valence-corrected chi connectivity index (χ0v) is 11.9. The second-order valence-electron chi connectivity index (χ2n) is 4.76. The number of sulfonamides is 1.